The van der Waals surface area contributed by atoms with Crippen LogP contribution in [0.25, 0.3) is 0 Å². The van der Waals surface area contributed by atoms with Gasteiger partial charge in [0.25, 0.3) is 0 Å². The normalized spacial score (nSPS) is 21.0. The van der Waals surface area contributed by atoms with Gasteiger partial charge in [0.1, 0.15) is 0 Å². The number of likely N-dealkylation sites (tertiary alicyclic amines) is 2. The van der Waals surface area contributed by atoms with Gasteiger partial charge in [-0.05, 0) is 48.6 Å². The van der Waals surface area contributed by atoms with E-state index in [1.54, 1.807) is 5.01 Å². The Balaban J connectivity index is 1.34. The Morgan fingerprint density at radius 1 is 1.06 bits per heavy atom. The first-order valence-electron chi connectivity index (χ1n) is 11.4. The number of amides is 1. The molecule has 1 amide bonds. The van der Waals surface area contributed by atoms with Gasteiger partial charge in [-0.3, -0.25) is 4.79 Å². The van der Waals surface area contributed by atoms with Crippen LogP contribution < -0.4 is 0 Å². The molecule has 174 valence electrons. The second-order valence-electron chi connectivity index (χ2n) is 8.89. The van der Waals surface area contributed by atoms with E-state index in [2.05, 4.69) is 22.0 Å². The molecule has 0 radical (unpaired) electrons. The van der Waals surface area contributed by atoms with Crippen molar-refractivity contribution in [1.82, 2.24) is 14.8 Å². The standard InChI is InChI=1S/C25H24Cl2N6O/c26-20-7-3-17(4-8-20)12-18-13-31(14-18)25(29-16-28)33-15-22(32-11-1-2-23(32)34)24(30-33)19-5-9-21(27)10-6-19/h3-10,18,22H,1-2,11-15H2. The molecule has 0 spiro atoms. The quantitative estimate of drug-likeness (QED) is 0.365. The summed E-state index contributed by atoms with van der Waals surface area (Å²) in [5, 5.41) is 17.4. The van der Waals surface area contributed by atoms with E-state index in [1.165, 1.54) is 5.56 Å². The van der Waals surface area contributed by atoms with E-state index >= 15 is 0 Å². The first-order valence-corrected chi connectivity index (χ1v) is 12.1. The van der Waals surface area contributed by atoms with Gasteiger partial charge in [-0.15, -0.1) is 4.99 Å². The summed E-state index contributed by atoms with van der Waals surface area (Å²) in [6.07, 6.45) is 4.29. The Morgan fingerprint density at radius 2 is 1.74 bits per heavy atom. The van der Waals surface area contributed by atoms with Crippen LogP contribution in [0, 0.1) is 17.4 Å². The van der Waals surface area contributed by atoms with Gasteiger partial charge >= 0.3 is 0 Å². The molecule has 2 saturated heterocycles. The largest absolute Gasteiger partial charge is 0.340 e. The summed E-state index contributed by atoms with van der Waals surface area (Å²) in [6, 6.07) is 15.2. The number of carbonyl (C=O) groups excluding carboxylic acids is 1. The van der Waals surface area contributed by atoms with E-state index in [4.69, 9.17) is 28.3 Å². The number of carbonyl (C=O) groups is 1. The molecule has 0 N–H and O–H groups in total. The topological polar surface area (TPSA) is 75.3 Å². The second kappa shape index (κ2) is 9.65. The van der Waals surface area contributed by atoms with Crippen molar-refractivity contribution in [3.63, 3.8) is 0 Å². The number of hydrogen-bond acceptors (Lipinski definition) is 4. The molecule has 2 aromatic rings. The van der Waals surface area contributed by atoms with E-state index < -0.39 is 0 Å². The third-order valence-electron chi connectivity index (χ3n) is 6.57. The van der Waals surface area contributed by atoms with Crippen molar-refractivity contribution in [3.05, 3.63) is 69.7 Å². The molecule has 7 nitrogen and oxygen atoms in total. The molecule has 2 fully saturated rings. The van der Waals surface area contributed by atoms with Crippen molar-refractivity contribution < 1.29 is 4.79 Å². The van der Waals surface area contributed by atoms with Crippen LogP contribution in [0.15, 0.2) is 58.6 Å². The fourth-order valence-electron chi connectivity index (χ4n) is 4.88. The number of halogens is 2. The lowest BCUT2D eigenvalue weighted by atomic mass is 9.92. The highest BCUT2D eigenvalue weighted by atomic mass is 35.5. The van der Waals surface area contributed by atoms with E-state index in [1.807, 2.05) is 47.5 Å². The van der Waals surface area contributed by atoms with Crippen LogP contribution in [0.2, 0.25) is 10.0 Å². The highest BCUT2D eigenvalue weighted by molar-refractivity contribution is 6.31. The third-order valence-corrected chi connectivity index (χ3v) is 7.08. The summed E-state index contributed by atoms with van der Waals surface area (Å²) >= 11 is 12.1. The van der Waals surface area contributed by atoms with Crippen LogP contribution in [0.4, 0.5) is 0 Å². The maximum atomic E-state index is 12.6. The fourth-order valence-corrected chi connectivity index (χ4v) is 5.13. The molecule has 3 aliphatic heterocycles. The van der Waals surface area contributed by atoms with Gasteiger partial charge in [0.05, 0.1) is 18.3 Å². The number of hydrazone groups is 1. The molecular weight excluding hydrogens is 471 g/mol. The zero-order chi connectivity index (χ0) is 23.7. The summed E-state index contributed by atoms with van der Waals surface area (Å²) in [5.41, 5.74) is 2.96. The first kappa shape index (κ1) is 22.7. The van der Waals surface area contributed by atoms with E-state index in [0.717, 1.165) is 42.2 Å². The molecular formula is C25H24Cl2N6O. The SMILES string of the molecule is N#CN=C(N1CC(Cc2ccc(Cl)cc2)C1)N1CC(N2CCCC2=O)C(c2ccc(Cl)cc2)=N1. The lowest BCUT2D eigenvalue weighted by molar-refractivity contribution is -0.128. The Morgan fingerprint density at radius 3 is 2.35 bits per heavy atom. The lowest BCUT2D eigenvalue weighted by Crippen LogP contribution is -2.55. The molecule has 0 saturated carbocycles. The van der Waals surface area contributed by atoms with Crippen molar-refractivity contribution in [1.29, 1.82) is 5.26 Å². The fraction of sp³-hybridized carbons (Fsp3) is 0.360. The molecule has 1 atom stereocenters. The number of hydrogen-bond donors (Lipinski definition) is 0. The predicted octanol–water partition coefficient (Wildman–Crippen LogP) is 4.02. The van der Waals surface area contributed by atoms with Gasteiger partial charge in [0.2, 0.25) is 18.1 Å². The van der Waals surface area contributed by atoms with Crippen molar-refractivity contribution >= 4 is 40.8 Å². The minimum atomic E-state index is -0.189. The van der Waals surface area contributed by atoms with E-state index in [-0.39, 0.29) is 11.9 Å². The Hall–Kier alpha value is -3.08. The first-order chi connectivity index (χ1) is 16.5. The molecule has 5 rings (SSSR count). The number of nitrogens with zero attached hydrogens (tertiary/aromatic N) is 6. The summed E-state index contributed by atoms with van der Waals surface area (Å²) < 4.78 is 0. The van der Waals surface area contributed by atoms with Gasteiger partial charge in [-0.2, -0.15) is 10.4 Å². The molecule has 34 heavy (non-hydrogen) atoms. The van der Waals surface area contributed by atoms with Crippen LogP contribution >= 0.6 is 23.2 Å². The minimum Gasteiger partial charge on any atom is -0.340 e. The predicted molar refractivity (Wildman–Crippen MR) is 133 cm³/mol. The number of aliphatic imine (C=N–C) groups is 1. The zero-order valence-corrected chi connectivity index (χ0v) is 20.1. The maximum Gasteiger partial charge on any atom is 0.233 e. The maximum absolute atomic E-state index is 12.6. The van der Waals surface area contributed by atoms with Crippen LogP contribution in [0.3, 0.4) is 0 Å². The minimum absolute atomic E-state index is 0.138. The van der Waals surface area contributed by atoms with Gasteiger partial charge in [0, 0.05) is 41.7 Å². The summed E-state index contributed by atoms with van der Waals surface area (Å²) in [6.45, 7) is 2.77. The highest BCUT2D eigenvalue weighted by Crippen LogP contribution is 2.28. The summed E-state index contributed by atoms with van der Waals surface area (Å²) in [5.74, 6) is 1.14. The lowest BCUT2D eigenvalue weighted by Gasteiger charge is -2.42. The van der Waals surface area contributed by atoms with Gasteiger partial charge in [-0.25, -0.2) is 5.01 Å². The monoisotopic (exact) mass is 494 g/mol. The number of nitriles is 1. The Labute approximate surface area is 208 Å². The Kier molecular flexibility index (Phi) is 6.44. The third kappa shape index (κ3) is 4.61. The average Bonchev–Trinajstić information content (AvgIpc) is 3.42. The molecule has 3 aliphatic rings. The highest BCUT2D eigenvalue weighted by Gasteiger charge is 2.41. The summed E-state index contributed by atoms with van der Waals surface area (Å²) in [7, 11) is 0. The van der Waals surface area contributed by atoms with Gasteiger partial charge < -0.3 is 9.80 Å². The van der Waals surface area contributed by atoms with Gasteiger partial charge in [-0.1, -0.05) is 47.5 Å². The molecule has 0 aliphatic carbocycles. The smallest absolute Gasteiger partial charge is 0.233 e. The molecule has 0 bridgehead atoms. The molecule has 1 unspecified atom stereocenters. The van der Waals surface area contributed by atoms with E-state index in [9.17, 15) is 10.1 Å². The van der Waals surface area contributed by atoms with E-state index in [0.29, 0.717) is 36.4 Å². The van der Waals surface area contributed by atoms with Crippen molar-refractivity contribution in [2.24, 2.45) is 16.0 Å². The average molecular weight is 495 g/mol. The summed E-state index contributed by atoms with van der Waals surface area (Å²) in [4.78, 5) is 20.7. The Bertz CT molecular complexity index is 1170. The molecule has 3 heterocycles. The molecule has 2 aromatic carbocycles. The van der Waals surface area contributed by atoms with Crippen LogP contribution in [0.5, 0.6) is 0 Å². The molecule has 0 aromatic heterocycles. The van der Waals surface area contributed by atoms with Crippen LogP contribution in [-0.2, 0) is 11.2 Å². The number of rotatable bonds is 4. The van der Waals surface area contributed by atoms with Crippen molar-refractivity contribution in [2.75, 3.05) is 26.2 Å². The number of benzene rings is 2. The van der Waals surface area contributed by atoms with Crippen molar-refractivity contribution in [3.8, 4) is 6.19 Å². The molecule has 9 heteroatoms. The van der Waals surface area contributed by atoms with Crippen LogP contribution in [-0.4, -0.2) is 64.6 Å². The van der Waals surface area contributed by atoms with Crippen LogP contribution in [0.1, 0.15) is 24.0 Å². The van der Waals surface area contributed by atoms with Gasteiger partial charge in [0.15, 0.2) is 0 Å². The van der Waals surface area contributed by atoms with Crippen molar-refractivity contribution in [2.45, 2.75) is 25.3 Å². The zero-order valence-electron chi connectivity index (χ0n) is 18.6. The number of guanidine groups is 1. The second-order valence-corrected chi connectivity index (χ2v) is 9.77.